The highest BCUT2D eigenvalue weighted by Crippen LogP contribution is 2.56. The minimum atomic E-state index is -4.49. The number of aromatic nitrogens is 1. The minimum Gasteiger partial charge on any atom is -0.493 e. The summed E-state index contributed by atoms with van der Waals surface area (Å²) in [7, 11) is 1.31. The summed E-state index contributed by atoms with van der Waals surface area (Å²) in [5.41, 5.74) is 1.85. The van der Waals surface area contributed by atoms with Crippen molar-refractivity contribution in [3.63, 3.8) is 0 Å². The molecule has 3 aromatic rings. The highest BCUT2D eigenvalue weighted by Gasteiger charge is 2.40. The zero-order chi connectivity index (χ0) is 23.2. The molecule has 2 aliphatic rings. The van der Waals surface area contributed by atoms with Crippen molar-refractivity contribution >= 4 is 23.4 Å². The molecule has 9 heteroatoms. The summed E-state index contributed by atoms with van der Waals surface area (Å²) in [6, 6.07) is 14.0. The lowest BCUT2D eigenvalue weighted by molar-refractivity contribution is -0.137. The number of ether oxygens (including phenoxy) is 2. The standard InChI is InChI=1S/C24H19F3N2O3S/c1-31-23(30)14-6-7-19-21(11-14)33-22(15-10-16(13-28-12-15)24(25,26)27)29(19)18-8-9-32-20-5-3-2-4-17(18)20/h2-7,10-13,18,22H,8-9H2,1H3. The van der Waals surface area contributed by atoms with Crippen LogP contribution >= 0.6 is 11.8 Å². The van der Waals surface area contributed by atoms with E-state index in [-0.39, 0.29) is 6.04 Å². The van der Waals surface area contributed by atoms with Crippen LogP contribution in [0.4, 0.5) is 18.9 Å². The lowest BCUT2D eigenvalue weighted by atomic mass is 9.97. The van der Waals surface area contributed by atoms with Crippen LogP contribution in [0.15, 0.2) is 65.8 Å². The van der Waals surface area contributed by atoms with E-state index in [0.717, 1.165) is 34.2 Å². The van der Waals surface area contributed by atoms with E-state index >= 15 is 0 Å². The van der Waals surface area contributed by atoms with Crippen molar-refractivity contribution in [2.24, 2.45) is 0 Å². The molecule has 5 rings (SSSR count). The number of methoxy groups -OCH3 is 1. The zero-order valence-corrected chi connectivity index (χ0v) is 18.3. The third-order valence-corrected chi connectivity index (χ3v) is 7.09. The van der Waals surface area contributed by atoms with Crippen molar-refractivity contribution in [2.75, 3.05) is 18.6 Å². The van der Waals surface area contributed by atoms with E-state index in [1.165, 1.54) is 25.1 Å². The fourth-order valence-electron chi connectivity index (χ4n) is 4.29. The second kappa shape index (κ2) is 8.30. The van der Waals surface area contributed by atoms with Crippen molar-refractivity contribution < 1.29 is 27.4 Å². The number of hydrogen-bond acceptors (Lipinski definition) is 6. The van der Waals surface area contributed by atoms with Gasteiger partial charge in [-0.15, -0.1) is 0 Å². The van der Waals surface area contributed by atoms with Crippen LogP contribution in [0.5, 0.6) is 5.75 Å². The Bertz CT molecular complexity index is 1220. The van der Waals surface area contributed by atoms with Crippen LogP contribution in [0.25, 0.3) is 0 Å². The molecular formula is C24H19F3N2O3S. The Kier molecular flexibility index (Phi) is 5.44. The monoisotopic (exact) mass is 472 g/mol. The number of thioether (sulfide) groups is 1. The van der Waals surface area contributed by atoms with E-state index in [1.807, 2.05) is 30.3 Å². The first-order chi connectivity index (χ1) is 15.9. The Morgan fingerprint density at radius 2 is 2.00 bits per heavy atom. The summed E-state index contributed by atoms with van der Waals surface area (Å²) in [5.74, 6) is 0.296. The molecule has 0 aliphatic carbocycles. The van der Waals surface area contributed by atoms with E-state index in [1.54, 1.807) is 12.1 Å². The Hall–Kier alpha value is -3.20. The summed E-state index contributed by atoms with van der Waals surface area (Å²) in [6.07, 6.45) is -1.52. The van der Waals surface area contributed by atoms with Gasteiger partial charge in [0.15, 0.2) is 0 Å². The minimum absolute atomic E-state index is 0.118. The molecule has 2 aliphatic heterocycles. The molecule has 2 atom stereocenters. The van der Waals surface area contributed by atoms with Crippen molar-refractivity contribution in [1.29, 1.82) is 0 Å². The van der Waals surface area contributed by atoms with Gasteiger partial charge in [0.25, 0.3) is 0 Å². The first-order valence-corrected chi connectivity index (χ1v) is 11.2. The average Bonchev–Trinajstić information content (AvgIpc) is 3.21. The van der Waals surface area contributed by atoms with E-state index in [9.17, 15) is 18.0 Å². The molecule has 1 aromatic heterocycles. The van der Waals surface area contributed by atoms with Crippen molar-refractivity contribution in [2.45, 2.75) is 28.9 Å². The maximum atomic E-state index is 13.4. The average molecular weight is 472 g/mol. The number of rotatable bonds is 3. The van der Waals surface area contributed by atoms with Crippen LogP contribution < -0.4 is 9.64 Å². The van der Waals surface area contributed by atoms with Crippen LogP contribution in [0.2, 0.25) is 0 Å². The fraction of sp³-hybridized carbons (Fsp3) is 0.250. The van der Waals surface area contributed by atoms with Crippen LogP contribution in [0, 0.1) is 0 Å². The first-order valence-electron chi connectivity index (χ1n) is 10.3. The summed E-state index contributed by atoms with van der Waals surface area (Å²) >= 11 is 1.40. The molecule has 5 nitrogen and oxygen atoms in total. The third kappa shape index (κ3) is 3.90. The van der Waals surface area contributed by atoms with Gasteiger partial charge in [0, 0.05) is 34.8 Å². The van der Waals surface area contributed by atoms with Crippen LogP contribution in [-0.4, -0.2) is 24.7 Å². The van der Waals surface area contributed by atoms with Crippen molar-refractivity contribution in [3.8, 4) is 5.75 Å². The Morgan fingerprint density at radius 3 is 2.79 bits per heavy atom. The van der Waals surface area contributed by atoms with Gasteiger partial charge in [-0.2, -0.15) is 13.2 Å². The van der Waals surface area contributed by atoms with Crippen molar-refractivity contribution in [3.05, 3.63) is 83.2 Å². The second-order valence-electron chi connectivity index (χ2n) is 7.75. The van der Waals surface area contributed by atoms with Gasteiger partial charge in [-0.3, -0.25) is 4.98 Å². The number of hydrogen-bond donors (Lipinski definition) is 0. The van der Waals surface area contributed by atoms with E-state index in [4.69, 9.17) is 9.47 Å². The number of carbonyl (C=O) groups is 1. The zero-order valence-electron chi connectivity index (χ0n) is 17.5. The molecule has 0 bridgehead atoms. The first kappa shape index (κ1) is 21.6. The SMILES string of the molecule is COC(=O)c1ccc2c(c1)SC(c1cncc(C(F)(F)F)c1)N2C1CCOc2ccccc21. The maximum Gasteiger partial charge on any atom is 0.417 e. The number of benzene rings is 2. The quantitative estimate of drug-likeness (QED) is 0.435. The number of halogens is 3. The number of para-hydroxylation sites is 1. The highest BCUT2D eigenvalue weighted by atomic mass is 32.2. The van der Waals surface area contributed by atoms with Gasteiger partial charge in [0.2, 0.25) is 0 Å². The fourth-order valence-corrected chi connectivity index (χ4v) is 5.66. The molecule has 2 aromatic carbocycles. The summed E-state index contributed by atoms with van der Waals surface area (Å²) in [6.45, 7) is 0.492. The molecule has 0 fully saturated rings. The number of carbonyl (C=O) groups excluding carboxylic acids is 1. The number of esters is 1. The van der Waals surface area contributed by atoms with E-state index in [0.29, 0.717) is 24.2 Å². The molecule has 0 spiro atoms. The number of alkyl halides is 3. The highest BCUT2D eigenvalue weighted by molar-refractivity contribution is 8.00. The molecule has 0 saturated heterocycles. The smallest absolute Gasteiger partial charge is 0.417 e. The number of pyridine rings is 1. The Labute approximate surface area is 192 Å². The molecular weight excluding hydrogens is 453 g/mol. The van der Waals surface area contributed by atoms with E-state index < -0.39 is 23.1 Å². The van der Waals surface area contributed by atoms with E-state index in [2.05, 4.69) is 9.88 Å². The lowest BCUT2D eigenvalue weighted by Gasteiger charge is -2.38. The largest absolute Gasteiger partial charge is 0.493 e. The molecule has 3 heterocycles. The van der Waals surface area contributed by atoms with Gasteiger partial charge in [0.05, 0.1) is 36.6 Å². The predicted octanol–water partition coefficient (Wildman–Crippen LogP) is 6.02. The summed E-state index contributed by atoms with van der Waals surface area (Å²) in [4.78, 5) is 18.9. The van der Waals surface area contributed by atoms with Gasteiger partial charge < -0.3 is 14.4 Å². The van der Waals surface area contributed by atoms with Gasteiger partial charge in [-0.25, -0.2) is 4.79 Å². The topological polar surface area (TPSA) is 51.7 Å². The molecule has 0 saturated carbocycles. The van der Waals surface area contributed by atoms with Gasteiger partial charge in [-0.1, -0.05) is 30.0 Å². The normalized spacial score (nSPS) is 19.5. The number of fused-ring (bicyclic) bond motifs is 2. The summed E-state index contributed by atoms with van der Waals surface area (Å²) < 4.78 is 50.9. The van der Waals surface area contributed by atoms with Gasteiger partial charge in [-0.05, 0) is 30.3 Å². The number of nitrogens with zero attached hydrogens (tertiary/aromatic N) is 2. The van der Waals surface area contributed by atoms with Gasteiger partial charge in [0.1, 0.15) is 11.1 Å². The molecule has 170 valence electrons. The van der Waals surface area contributed by atoms with Crippen molar-refractivity contribution in [1.82, 2.24) is 4.98 Å². The lowest BCUT2D eigenvalue weighted by Crippen LogP contribution is -2.32. The van der Waals surface area contributed by atoms with Crippen LogP contribution in [0.1, 0.15) is 44.9 Å². The molecule has 0 N–H and O–H groups in total. The maximum absolute atomic E-state index is 13.4. The second-order valence-corrected chi connectivity index (χ2v) is 8.87. The molecule has 0 radical (unpaired) electrons. The Morgan fingerprint density at radius 1 is 1.18 bits per heavy atom. The summed E-state index contributed by atoms with van der Waals surface area (Å²) in [5, 5.41) is -0.459. The Balaban J connectivity index is 1.63. The molecule has 33 heavy (non-hydrogen) atoms. The van der Waals surface area contributed by atoms with Gasteiger partial charge >= 0.3 is 12.1 Å². The predicted molar refractivity (Wildman–Crippen MR) is 117 cm³/mol. The third-order valence-electron chi connectivity index (χ3n) is 5.78. The number of anilines is 1. The van der Waals surface area contributed by atoms with Crippen LogP contribution in [0.3, 0.4) is 0 Å². The van der Waals surface area contributed by atoms with Crippen LogP contribution in [-0.2, 0) is 10.9 Å². The molecule has 2 unspecified atom stereocenters. The molecule has 0 amide bonds.